The molecule has 3 fully saturated rings. The third-order valence-electron chi connectivity index (χ3n) is 20.8. The molecule has 0 spiro atoms. The maximum atomic E-state index is 13.5. The Morgan fingerprint density at radius 2 is 0.633 bits per heavy atom. The van der Waals surface area contributed by atoms with Crippen molar-refractivity contribution in [1.29, 1.82) is 0 Å². The van der Waals surface area contributed by atoms with E-state index < -0.39 is 124 Å². The molecule has 0 aliphatic carbocycles. The first-order chi connectivity index (χ1) is 53.3. The summed E-state index contributed by atoms with van der Waals surface area (Å²) < 4.78 is 34.5. The molecule has 19 nitrogen and oxygen atoms in total. The molecular weight excluding hydrogens is 1380 g/mol. The van der Waals surface area contributed by atoms with E-state index in [-0.39, 0.29) is 18.9 Å². The fourth-order valence-electron chi connectivity index (χ4n) is 13.9. The zero-order valence-corrected chi connectivity index (χ0v) is 67.5. The molecule has 0 radical (unpaired) electrons. The Morgan fingerprint density at radius 1 is 0.339 bits per heavy atom. The predicted molar refractivity (Wildman–Crippen MR) is 438 cm³/mol. The Bertz CT molecular complexity index is 2440. The number of aliphatic hydroxyl groups excluding tert-OH is 11. The molecule has 1 amide bonds. The van der Waals surface area contributed by atoms with Gasteiger partial charge in [-0.05, 0) is 89.9 Å². The second-order valence-electron chi connectivity index (χ2n) is 30.3. The molecule has 0 aromatic rings. The van der Waals surface area contributed by atoms with Crippen LogP contribution in [0.2, 0.25) is 0 Å². The Labute approximate surface area is 658 Å². The van der Waals surface area contributed by atoms with Crippen LogP contribution in [-0.2, 0) is 33.2 Å². The van der Waals surface area contributed by atoms with Crippen LogP contribution in [0.4, 0.5) is 0 Å². The van der Waals surface area contributed by atoms with Crippen molar-refractivity contribution in [3.05, 3.63) is 122 Å². The fourth-order valence-corrected chi connectivity index (χ4v) is 13.9. The predicted octanol–water partition coefficient (Wildman–Crippen LogP) is 15.8. The summed E-state index contributed by atoms with van der Waals surface area (Å²) in [5.74, 6) is -0.278. The van der Waals surface area contributed by atoms with Crippen LogP contribution in [0.15, 0.2) is 122 Å². The van der Waals surface area contributed by atoms with Gasteiger partial charge < -0.3 is 89.9 Å². The van der Waals surface area contributed by atoms with Crippen LogP contribution in [0.25, 0.3) is 0 Å². The fraction of sp³-hybridized carbons (Fsp3) is 0.767. The summed E-state index contributed by atoms with van der Waals surface area (Å²) in [5, 5.41) is 121. The molecule has 0 saturated carbocycles. The van der Waals surface area contributed by atoms with Gasteiger partial charge >= 0.3 is 0 Å². The van der Waals surface area contributed by atoms with Gasteiger partial charge in [0, 0.05) is 6.42 Å². The highest BCUT2D eigenvalue weighted by atomic mass is 16.8. The highest BCUT2D eigenvalue weighted by Gasteiger charge is 2.54. The molecule has 3 heterocycles. The van der Waals surface area contributed by atoms with Crippen LogP contribution in [0.1, 0.15) is 309 Å². The summed E-state index contributed by atoms with van der Waals surface area (Å²) in [6, 6.07) is -0.982. The van der Waals surface area contributed by atoms with Crippen molar-refractivity contribution < 1.29 is 89.4 Å². The molecule has 0 bridgehead atoms. The van der Waals surface area contributed by atoms with Crippen LogP contribution in [0.5, 0.6) is 0 Å². The van der Waals surface area contributed by atoms with Crippen molar-refractivity contribution in [3.8, 4) is 0 Å². The minimum Gasteiger partial charge on any atom is -0.394 e. The van der Waals surface area contributed by atoms with Gasteiger partial charge in [0.05, 0.1) is 38.6 Å². The summed E-state index contributed by atoms with van der Waals surface area (Å²) >= 11 is 0. The molecule has 3 saturated heterocycles. The summed E-state index contributed by atoms with van der Waals surface area (Å²) in [7, 11) is 0. The molecule has 17 atom stereocenters. The number of ether oxygens (including phenoxy) is 6. The van der Waals surface area contributed by atoms with Gasteiger partial charge in [-0.15, -0.1) is 0 Å². The number of unbranched alkanes of at least 4 members (excludes halogenated alkanes) is 34. The molecule has 3 rings (SSSR count). The third-order valence-corrected chi connectivity index (χ3v) is 20.8. The van der Waals surface area contributed by atoms with E-state index in [1.165, 1.54) is 167 Å². The van der Waals surface area contributed by atoms with Gasteiger partial charge in [0.15, 0.2) is 18.9 Å². The number of amides is 1. The topological polar surface area (TPSA) is 307 Å². The van der Waals surface area contributed by atoms with E-state index in [0.717, 1.165) is 116 Å². The molecule has 0 aromatic heterocycles. The van der Waals surface area contributed by atoms with Crippen molar-refractivity contribution in [2.45, 2.75) is 413 Å². The van der Waals surface area contributed by atoms with E-state index in [0.29, 0.717) is 6.42 Å². The van der Waals surface area contributed by atoms with Gasteiger partial charge in [-0.25, -0.2) is 0 Å². The van der Waals surface area contributed by atoms with E-state index in [2.05, 4.69) is 129 Å². The number of carbonyl (C=O) groups is 1. The lowest BCUT2D eigenvalue weighted by Crippen LogP contribution is -2.66. The zero-order chi connectivity index (χ0) is 78.8. The maximum absolute atomic E-state index is 13.5. The SMILES string of the molecule is CC/C=C\C/C=C\C/C=C\C/C=C\C/C=C\C/C=C\C/C=C\C/C=C\C/C=C\CCCCCCCCCCCCCCCC(=O)NC(COC1OC(CO)C(OC2OC(CO)C(OC3OC(CO)C(O)C(O)C3O)C(O)C2O)C(O)C1O)C(O)/C=C/CCCCCCCCCCCCCCCCCCCCCCC. The van der Waals surface area contributed by atoms with Gasteiger partial charge in [0.25, 0.3) is 0 Å². The van der Waals surface area contributed by atoms with Crippen molar-refractivity contribution >= 4 is 5.91 Å². The minimum absolute atomic E-state index is 0.236. The van der Waals surface area contributed by atoms with Gasteiger partial charge in [0.1, 0.15) is 73.2 Å². The largest absolute Gasteiger partial charge is 0.394 e. The number of rotatable bonds is 68. The van der Waals surface area contributed by atoms with E-state index in [4.69, 9.17) is 28.4 Å². The molecule has 0 aromatic carbocycles. The molecule has 628 valence electrons. The monoisotopic (exact) mass is 1540 g/mol. The second kappa shape index (κ2) is 68.6. The van der Waals surface area contributed by atoms with Crippen LogP contribution in [0, 0.1) is 0 Å². The average Bonchev–Trinajstić information content (AvgIpc) is 0.760. The van der Waals surface area contributed by atoms with Gasteiger partial charge in [-0.3, -0.25) is 4.79 Å². The summed E-state index contributed by atoms with van der Waals surface area (Å²) in [4.78, 5) is 13.5. The number of hydrogen-bond donors (Lipinski definition) is 12. The van der Waals surface area contributed by atoms with E-state index in [9.17, 15) is 61.0 Å². The number of aliphatic hydroxyl groups is 11. The maximum Gasteiger partial charge on any atom is 0.220 e. The quantitative estimate of drug-likeness (QED) is 0.0199. The molecule has 3 aliphatic rings. The van der Waals surface area contributed by atoms with Gasteiger partial charge in [0.2, 0.25) is 5.91 Å². The van der Waals surface area contributed by atoms with Crippen molar-refractivity contribution in [2.24, 2.45) is 0 Å². The van der Waals surface area contributed by atoms with Crippen molar-refractivity contribution in [2.75, 3.05) is 26.4 Å². The molecule has 109 heavy (non-hydrogen) atoms. The Kier molecular flexibility index (Phi) is 62.5. The average molecular weight is 1540 g/mol. The van der Waals surface area contributed by atoms with Crippen LogP contribution in [-0.4, -0.2) is 193 Å². The van der Waals surface area contributed by atoms with E-state index >= 15 is 0 Å². The van der Waals surface area contributed by atoms with Gasteiger partial charge in [-0.2, -0.15) is 0 Å². The standard InChI is InChI=1S/C90H155NO18/c1-3-5-7-9-11-13-15-17-19-21-23-25-27-28-29-30-31-32-33-34-35-36-37-38-39-40-41-42-43-44-46-48-50-52-54-56-58-60-62-64-66-68-78(96)91-73(74(95)67-65-63-61-59-57-55-53-51-49-47-45-26-24-22-20-18-16-14-12-10-8-6-4-2)72-104-88-84(102)81(99)86(76(70-93)106-88)109-90-85(103)82(100)87(77(71-94)107-90)108-89-83(101)80(98)79(97)75(69-92)105-89/h5,7,11,13,17,19,23,25,28-29,31-32,34-35,37-38,40-41,65,67,73-77,79-90,92-95,97-103H,3-4,6,8-10,12,14-16,18,20-22,24,26-27,30,33,36,39,42-64,66,68-72H2,1-2H3,(H,91,96)/b7-5-,13-11-,19-17-,25-23-,29-28-,32-31-,35-34-,38-37-,41-40-,67-65+. The molecule has 12 N–H and O–H groups in total. The summed E-state index contributed by atoms with van der Waals surface area (Å²) in [6.07, 6.45) is 70.4. The molecule has 19 heteroatoms. The first kappa shape index (κ1) is 99.4. The number of hydrogen-bond acceptors (Lipinski definition) is 18. The highest BCUT2D eigenvalue weighted by molar-refractivity contribution is 5.76. The van der Waals surface area contributed by atoms with Gasteiger partial charge in [-0.1, -0.05) is 334 Å². The summed E-state index contributed by atoms with van der Waals surface area (Å²) in [6.45, 7) is 1.65. The van der Waals surface area contributed by atoms with Crippen LogP contribution < -0.4 is 5.32 Å². The third kappa shape index (κ3) is 47.6. The lowest BCUT2D eigenvalue weighted by molar-refractivity contribution is -0.379. The first-order valence-electron chi connectivity index (χ1n) is 43.3. The first-order valence-corrected chi connectivity index (χ1v) is 43.3. The Morgan fingerprint density at radius 3 is 0.991 bits per heavy atom. The number of allylic oxidation sites excluding steroid dienone is 19. The van der Waals surface area contributed by atoms with E-state index in [1.54, 1.807) is 6.08 Å². The van der Waals surface area contributed by atoms with Crippen LogP contribution in [0.3, 0.4) is 0 Å². The second-order valence-corrected chi connectivity index (χ2v) is 30.3. The Hall–Kier alpha value is -3.81. The molecule has 17 unspecified atom stereocenters. The smallest absolute Gasteiger partial charge is 0.220 e. The lowest BCUT2D eigenvalue weighted by atomic mass is 9.96. The summed E-state index contributed by atoms with van der Waals surface area (Å²) in [5.41, 5.74) is 0. The van der Waals surface area contributed by atoms with Crippen molar-refractivity contribution in [3.63, 3.8) is 0 Å². The highest BCUT2D eigenvalue weighted by Crippen LogP contribution is 2.33. The number of carbonyl (C=O) groups excluding carboxylic acids is 1. The normalized spacial score (nSPS) is 25.9. The molecule has 3 aliphatic heterocycles. The van der Waals surface area contributed by atoms with Crippen molar-refractivity contribution in [1.82, 2.24) is 5.32 Å². The number of nitrogens with one attached hydrogen (secondary N) is 1. The lowest BCUT2D eigenvalue weighted by Gasteiger charge is -2.48. The minimum atomic E-state index is -1.98. The van der Waals surface area contributed by atoms with E-state index in [1.807, 2.05) is 6.08 Å². The zero-order valence-electron chi connectivity index (χ0n) is 67.5. The molecular formula is C90H155NO18. The Balaban J connectivity index is 1.33. The van der Waals surface area contributed by atoms with Crippen LogP contribution >= 0.6 is 0 Å².